The molecule has 0 amide bonds. The van der Waals surface area contributed by atoms with Gasteiger partial charge in [-0.25, -0.2) is 8.42 Å². The van der Waals surface area contributed by atoms with E-state index in [1.165, 1.54) is 4.31 Å². The van der Waals surface area contributed by atoms with Gasteiger partial charge in [-0.1, -0.05) is 12.1 Å². The van der Waals surface area contributed by atoms with Crippen molar-refractivity contribution < 1.29 is 13.5 Å². The number of benzene rings is 1. The van der Waals surface area contributed by atoms with Gasteiger partial charge in [0.2, 0.25) is 10.0 Å². The molecule has 0 radical (unpaired) electrons. The quantitative estimate of drug-likeness (QED) is 0.889. The van der Waals surface area contributed by atoms with Crippen molar-refractivity contribution in [2.24, 2.45) is 0 Å². The molecule has 3 rings (SSSR count). The minimum atomic E-state index is -3.55. The maximum atomic E-state index is 12.6. The van der Waals surface area contributed by atoms with Crippen molar-refractivity contribution in [1.82, 2.24) is 9.29 Å². The van der Waals surface area contributed by atoms with Gasteiger partial charge in [0.25, 0.3) is 0 Å². The van der Waals surface area contributed by atoms with Crippen LogP contribution in [0.1, 0.15) is 6.42 Å². The number of β-amino-alcohol motifs (C(OH)–C–C–N with tert-alkyl or cyclic N) is 1. The van der Waals surface area contributed by atoms with Gasteiger partial charge >= 0.3 is 0 Å². The monoisotopic (exact) mass is 278 g/mol. The molecule has 6 heteroatoms. The number of aliphatic hydroxyl groups is 1. The van der Waals surface area contributed by atoms with Crippen LogP contribution in [-0.2, 0) is 10.0 Å². The molecule has 100 valence electrons. The number of sulfonamides is 1. The van der Waals surface area contributed by atoms with Crippen LogP contribution < -0.4 is 0 Å². The Morgan fingerprint density at radius 3 is 2.89 bits per heavy atom. The third-order valence-electron chi connectivity index (χ3n) is 3.38. The topological polar surface area (TPSA) is 70.5 Å². The summed E-state index contributed by atoms with van der Waals surface area (Å²) in [6, 6.07) is 6.85. The number of aliphatic hydroxyl groups excluding tert-OH is 1. The summed E-state index contributed by atoms with van der Waals surface area (Å²) in [6.07, 6.45) is 3.16. The highest BCUT2D eigenvalue weighted by atomic mass is 32.2. The van der Waals surface area contributed by atoms with E-state index in [9.17, 15) is 13.5 Å². The predicted octanol–water partition coefficient (Wildman–Crippen LogP) is 0.990. The van der Waals surface area contributed by atoms with E-state index in [1.54, 1.807) is 30.6 Å². The van der Waals surface area contributed by atoms with Crippen LogP contribution in [0.15, 0.2) is 41.6 Å². The van der Waals surface area contributed by atoms with Crippen molar-refractivity contribution in [3.8, 4) is 0 Å². The second-order valence-corrected chi connectivity index (χ2v) is 6.56. The van der Waals surface area contributed by atoms with Gasteiger partial charge in [-0.2, -0.15) is 4.31 Å². The summed E-state index contributed by atoms with van der Waals surface area (Å²) in [4.78, 5) is 4.28. The Hall–Kier alpha value is -1.50. The zero-order valence-electron chi connectivity index (χ0n) is 10.2. The Kier molecular flexibility index (Phi) is 3.00. The summed E-state index contributed by atoms with van der Waals surface area (Å²) >= 11 is 0. The zero-order valence-corrected chi connectivity index (χ0v) is 11.0. The molecule has 5 nitrogen and oxygen atoms in total. The van der Waals surface area contributed by atoms with Crippen LogP contribution in [0.3, 0.4) is 0 Å². The summed E-state index contributed by atoms with van der Waals surface area (Å²) < 4.78 is 26.5. The molecule has 1 N–H and O–H groups in total. The van der Waals surface area contributed by atoms with E-state index in [4.69, 9.17) is 0 Å². The molecule has 0 spiro atoms. The van der Waals surface area contributed by atoms with Gasteiger partial charge in [-0.05, 0) is 18.6 Å². The Balaban J connectivity index is 2.14. The van der Waals surface area contributed by atoms with Crippen LogP contribution in [0.4, 0.5) is 0 Å². The standard InChI is InChI=1S/C13H14N2O3S/c16-11-5-7-15(9-11)19(17,18)13-3-1-2-10-8-14-6-4-12(10)13/h1-4,6,8,11,16H,5,7,9H2/t11-/m1/s1. The number of fused-ring (bicyclic) bond motifs is 1. The van der Waals surface area contributed by atoms with Gasteiger partial charge < -0.3 is 5.11 Å². The van der Waals surface area contributed by atoms with E-state index in [1.807, 2.05) is 6.07 Å². The molecule has 1 fully saturated rings. The molecular formula is C13H14N2O3S. The lowest BCUT2D eigenvalue weighted by Crippen LogP contribution is -2.29. The average Bonchev–Trinajstić information content (AvgIpc) is 2.85. The Morgan fingerprint density at radius 2 is 2.16 bits per heavy atom. The number of pyridine rings is 1. The van der Waals surface area contributed by atoms with Crippen LogP contribution >= 0.6 is 0 Å². The highest BCUT2D eigenvalue weighted by Crippen LogP contribution is 2.27. The first-order valence-corrected chi connectivity index (χ1v) is 7.54. The molecule has 0 aliphatic carbocycles. The molecule has 0 unspecified atom stereocenters. The summed E-state index contributed by atoms with van der Waals surface area (Å²) in [7, 11) is -3.55. The second kappa shape index (κ2) is 4.56. The second-order valence-electron chi connectivity index (χ2n) is 4.66. The number of aromatic nitrogens is 1. The van der Waals surface area contributed by atoms with Gasteiger partial charge in [0.1, 0.15) is 0 Å². The number of rotatable bonds is 2. The fourth-order valence-corrected chi connectivity index (χ4v) is 4.09. The first-order chi connectivity index (χ1) is 9.09. The average molecular weight is 278 g/mol. The van der Waals surface area contributed by atoms with E-state index in [0.29, 0.717) is 18.4 Å². The largest absolute Gasteiger partial charge is 0.392 e. The first-order valence-electron chi connectivity index (χ1n) is 6.10. The molecule has 1 saturated heterocycles. The van der Waals surface area contributed by atoms with E-state index in [2.05, 4.69) is 4.98 Å². The summed E-state index contributed by atoms with van der Waals surface area (Å²) in [5, 5.41) is 11.0. The van der Waals surface area contributed by atoms with Crippen LogP contribution in [-0.4, -0.2) is 42.0 Å². The lowest BCUT2D eigenvalue weighted by Gasteiger charge is -2.17. The molecule has 1 atom stereocenters. The van der Waals surface area contributed by atoms with Crippen molar-refractivity contribution in [2.75, 3.05) is 13.1 Å². The van der Waals surface area contributed by atoms with Gasteiger partial charge in [-0.15, -0.1) is 0 Å². The molecular weight excluding hydrogens is 264 g/mol. The van der Waals surface area contributed by atoms with Gasteiger partial charge in [-0.3, -0.25) is 4.98 Å². The van der Waals surface area contributed by atoms with Crippen molar-refractivity contribution in [1.29, 1.82) is 0 Å². The minimum Gasteiger partial charge on any atom is -0.392 e. The van der Waals surface area contributed by atoms with Crippen LogP contribution in [0.25, 0.3) is 10.8 Å². The molecule has 19 heavy (non-hydrogen) atoms. The van der Waals surface area contributed by atoms with Crippen molar-refractivity contribution in [3.05, 3.63) is 36.7 Å². The van der Waals surface area contributed by atoms with Gasteiger partial charge in [0.05, 0.1) is 11.0 Å². The van der Waals surface area contributed by atoms with Gasteiger partial charge in [0.15, 0.2) is 0 Å². The smallest absolute Gasteiger partial charge is 0.243 e. The fourth-order valence-electron chi connectivity index (χ4n) is 2.39. The first kappa shape index (κ1) is 12.5. The highest BCUT2D eigenvalue weighted by Gasteiger charge is 2.32. The molecule has 1 aliphatic heterocycles. The summed E-state index contributed by atoms with van der Waals surface area (Å²) in [6.45, 7) is 0.536. The summed E-state index contributed by atoms with van der Waals surface area (Å²) in [5.41, 5.74) is 0. The Labute approximate surface area is 111 Å². The highest BCUT2D eigenvalue weighted by molar-refractivity contribution is 7.89. The maximum absolute atomic E-state index is 12.6. The van der Waals surface area contributed by atoms with E-state index in [0.717, 1.165) is 5.39 Å². The fraction of sp³-hybridized carbons (Fsp3) is 0.308. The number of hydrogen-bond acceptors (Lipinski definition) is 4. The Bertz CT molecular complexity index is 709. The van der Waals surface area contributed by atoms with Crippen LogP contribution in [0.5, 0.6) is 0 Å². The molecule has 0 bridgehead atoms. The van der Waals surface area contributed by atoms with E-state index < -0.39 is 16.1 Å². The number of hydrogen-bond donors (Lipinski definition) is 1. The molecule has 1 aliphatic rings. The zero-order chi connectivity index (χ0) is 13.5. The van der Waals surface area contributed by atoms with E-state index in [-0.39, 0.29) is 11.4 Å². The minimum absolute atomic E-state index is 0.170. The lowest BCUT2D eigenvalue weighted by atomic mass is 10.2. The lowest BCUT2D eigenvalue weighted by molar-refractivity contribution is 0.189. The molecule has 2 heterocycles. The van der Waals surface area contributed by atoms with Crippen molar-refractivity contribution >= 4 is 20.8 Å². The van der Waals surface area contributed by atoms with Crippen molar-refractivity contribution in [3.63, 3.8) is 0 Å². The van der Waals surface area contributed by atoms with E-state index >= 15 is 0 Å². The molecule has 1 aromatic heterocycles. The number of nitrogens with zero attached hydrogens (tertiary/aromatic N) is 2. The third kappa shape index (κ3) is 2.11. The normalized spacial score (nSPS) is 21.0. The predicted molar refractivity (Wildman–Crippen MR) is 71.1 cm³/mol. The SMILES string of the molecule is O=S(=O)(c1cccc2cnccc12)N1CC[C@@H](O)C1. The maximum Gasteiger partial charge on any atom is 0.243 e. The Morgan fingerprint density at radius 1 is 1.32 bits per heavy atom. The van der Waals surface area contributed by atoms with Crippen LogP contribution in [0.2, 0.25) is 0 Å². The summed E-state index contributed by atoms with van der Waals surface area (Å²) in [5.74, 6) is 0. The molecule has 0 saturated carbocycles. The van der Waals surface area contributed by atoms with Crippen molar-refractivity contribution in [2.45, 2.75) is 17.4 Å². The van der Waals surface area contributed by atoms with Gasteiger partial charge in [0, 0.05) is 36.3 Å². The van der Waals surface area contributed by atoms with Crippen LogP contribution in [0, 0.1) is 0 Å². The third-order valence-corrected chi connectivity index (χ3v) is 5.31. The molecule has 2 aromatic rings. The molecule has 1 aromatic carbocycles.